The fourth-order valence-electron chi connectivity index (χ4n) is 1.16. The number of nitrogens with two attached hydrogens (primary N) is 1. The Balaban J connectivity index is 2.77. The highest BCUT2D eigenvalue weighted by molar-refractivity contribution is 9.10. The molecule has 1 aromatic rings. The average molecular weight is 286 g/mol. The summed E-state index contributed by atoms with van der Waals surface area (Å²) in [7, 11) is 0. The van der Waals surface area contributed by atoms with Crippen molar-refractivity contribution in [1.29, 1.82) is 0 Å². The first kappa shape index (κ1) is 13.0. The lowest BCUT2D eigenvalue weighted by Gasteiger charge is -2.22. The molecule has 0 aliphatic carbocycles. The van der Waals surface area contributed by atoms with Crippen molar-refractivity contribution >= 4 is 27.6 Å². The molecule has 1 rings (SSSR count). The van der Waals surface area contributed by atoms with Crippen LogP contribution in [-0.2, 0) is 0 Å². The van der Waals surface area contributed by atoms with Crippen molar-refractivity contribution in [2.45, 2.75) is 13.8 Å². The lowest BCUT2D eigenvalue weighted by molar-refractivity contribution is 0.251. The quantitative estimate of drug-likeness (QED) is 0.835. The van der Waals surface area contributed by atoms with Crippen molar-refractivity contribution in [3.05, 3.63) is 28.7 Å². The van der Waals surface area contributed by atoms with E-state index in [9.17, 15) is 4.79 Å². The lowest BCUT2D eigenvalue weighted by atomic mass is 10.2. The van der Waals surface area contributed by atoms with Gasteiger partial charge in [-0.05, 0) is 30.2 Å². The number of nitrogens with zero attached hydrogens (tertiary/aromatic N) is 1. The molecule has 0 saturated heterocycles. The van der Waals surface area contributed by atoms with Crippen LogP contribution in [0.25, 0.3) is 0 Å². The lowest BCUT2D eigenvalue weighted by Crippen LogP contribution is -2.47. The van der Waals surface area contributed by atoms with Gasteiger partial charge in [0.2, 0.25) is 0 Å². The number of rotatable bonds is 4. The highest BCUT2D eigenvalue weighted by atomic mass is 79.9. The zero-order chi connectivity index (χ0) is 12.1. The van der Waals surface area contributed by atoms with Crippen molar-refractivity contribution in [3.63, 3.8) is 0 Å². The fraction of sp³-hybridized carbons (Fsp3) is 0.364. The van der Waals surface area contributed by atoms with Crippen molar-refractivity contribution in [3.8, 4) is 0 Å². The predicted molar refractivity (Wildman–Crippen MR) is 69.0 cm³/mol. The Morgan fingerprint density at radius 2 is 2.00 bits per heavy atom. The van der Waals surface area contributed by atoms with Crippen LogP contribution in [0.5, 0.6) is 0 Å². The number of hydrazine groups is 1. The molecule has 5 heteroatoms. The van der Waals surface area contributed by atoms with Gasteiger partial charge in [-0.1, -0.05) is 29.8 Å². The number of amides is 2. The molecule has 0 aliphatic rings. The van der Waals surface area contributed by atoms with E-state index < -0.39 is 6.03 Å². The normalized spacial score (nSPS) is 10.5. The predicted octanol–water partition coefficient (Wildman–Crippen LogP) is 2.49. The summed E-state index contributed by atoms with van der Waals surface area (Å²) in [5.74, 6) is 0.442. The number of hydrogen-bond donors (Lipinski definition) is 2. The number of urea groups is 1. The minimum atomic E-state index is -0.511. The van der Waals surface area contributed by atoms with E-state index in [2.05, 4.69) is 35.2 Å². The number of nitrogens with one attached hydrogen (secondary N) is 1. The number of anilines is 1. The average Bonchev–Trinajstić information content (AvgIpc) is 2.20. The van der Waals surface area contributed by atoms with Gasteiger partial charge < -0.3 is 5.73 Å². The Hall–Kier alpha value is -1.07. The van der Waals surface area contributed by atoms with E-state index in [4.69, 9.17) is 5.73 Å². The van der Waals surface area contributed by atoms with E-state index in [0.717, 1.165) is 10.2 Å². The summed E-state index contributed by atoms with van der Waals surface area (Å²) in [4.78, 5) is 11.3. The van der Waals surface area contributed by atoms with Crippen LogP contribution in [0, 0.1) is 5.92 Å². The molecule has 2 amide bonds. The Morgan fingerprint density at radius 1 is 1.44 bits per heavy atom. The Labute approximate surface area is 104 Å². The molecule has 0 heterocycles. The number of primary amides is 1. The van der Waals surface area contributed by atoms with Gasteiger partial charge >= 0.3 is 6.03 Å². The summed E-state index contributed by atoms with van der Waals surface area (Å²) >= 11 is 3.34. The van der Waals surface area contributed by atoms with Crippen molar-refractivity contribution in [1.82, 2.24) is 5.43 Å². The van der Waals surface area contributed by atoms with Gasteiger partial charge in [0.1, 0.15) is 0 Å². The summed E-state index contributed by atoms with van der Waals surface area (Å²) in [5, 5.41) is 1.35. The van der Waals surface area contributed by atoms with Crippen LogP contribution in [0.15, 0.2) is 28.7 Å². The molecule has 16 heavy (non-hydrogen) atoms. The van der Waals surface area contributed by atoms with Gasteiger partial charge in [-0.15, -0.1) is 0 Å². The molecule has 0 aliphatic heterocycles. The molecule has 0 atom stereocenters. The van der Waals surface area contributed by atoms with Crippen molar-refractivity contribution in [2.75, 3.05) is 11.6 Å². The molecule has 0 unspecified atom stereocenters. The van der Waals surface area contributed by atoms with Gasteiger partial charge in [0.15, 0.2) is 0 Å². The molecule has 0 spiro atoms. The molecular formula is C11H16BrN3O. The van der Waals surface area contributed by atoms with E-state index in [1.165, 1.54) is 5.01 Å². The van der Waals surface area contributed by atoms with Gasteiger partial charge in [0.25, 0.3) is 0 Å². The highest BCUT2D eigenvalue weighted by Crippen LogP contribution is 2.17. The topological polar surface area (TPSA) is 58.4 Å². The van der Waals surface area contributed by atoms with Crippen LogP contribution in [0.2, 0.25) is 0 Å². The Kier molecular flexibility index (Phi) is 4.76. The fourth-order valence-corrected chi connectivity index (χ4v) is 1.42. The highest BCUT2D eigenvalue weighted by Gasteiger charge is 2.11. The molecule has 3 N–H and O–H groups in total. The van der Waals surface area contributed by atoms with Crippen LogP contribution in [0.1, 0.15) is 13.8 Å². The zero-order valence-corrected chi connectivity index (χ0v) is 11.0. The maximum absolute atomic E-state index is 11.3. The third kappa shape index (κ3) is 3.83. The number of carbonyl (C=O) groups excluding carboxylic acids is 1. The van der Waals surface area contributed by atoms with E-state index in [0.29, 0.717) is 12.5 Å². The van der Waals surface area contributed by atoms with Crippen LogP contribution in [0.4, 0.5) is 10.5 Å². The second-order valence-electron chi connectivity index (χ2n) is 3.91. The molecule has 0 bridgehead atoms. The minimum absolute atomic E-state index is 0.442. The summed E-state index contributed by atoms with van der Waals surface area (Å²) < 4.78 is 0.963. The van der Waals surface area contributed by atoms with E-state index >= 15 is 0 Å². The first-order valence-corrected chi connectivity index (χ1v) is 5.88. The van der Waals surface area contributed by atoms with Gasteiger partial charge in [0.05, 0.1) is 5.69 Å². The SMILES string of the molecule is CC(C)CNN(C(N)=O)c1ccc(Br)cc1. The maximum Gasteiger partial charge on any atom is 0.333 e. The van der Waals surface area contributed by atoms with Crippen LogP contribution >= 0.6 is 15.9 Å². The monoisotopic (exact) mass is 285 g/mol. The minimum Gasteiger partial charge on any atom is -0.350 e. The third-order valence-electron chi connectivity index (χ3n) is 1.96. The molecule has 1 aromatic carbocycles. The van der Waals surface area contributed by atoms with Crippen LogP contribution in [0.3, 0.4) is 0 Å². The summed E-state index contributed by atoms with van der Waals surface area (Å²) in [6, 6.07) is 6.86. The molecular weight excluding hydrogens is 270 g/mol. The van der Waals surface area contributed by atoms with Gasteiger partial charge in [-0.3, -0.25) is 0 Å². The largest absolute Gasteiger partial charge is 0.350 e. The number of hydrogen-bond acceptors (Lipinski definition) is 2. The second kappa shape index (κ2) is 5.86. The second-order valence-corrected chi connectivity index (χ2v) is 4.82. The number of benzene rings is 1. The zero-order valence-electron chi connectivity index (χ0n) is 9.40. The molecule has 0 saturated carbocycles. The Morgan fingerprint density at radius 3 is 2.44 bits per heavy atom. The first-order chi connectivity index (χ1) is 7.50. The Bertz CT molecular complexity index is 351. The molecule has 88 valence electrons. The summed E-state index contributed by atoms with van der Waals surface area (Å²) in [6.45, 7) is 4.82. The van der Waals surface area contributed by atoms with Gasteiger partial charge in [-0.2, -0.15) is 0 Å². The molecule has 0 fully saturated rings. The van der Waals surface area contributed by atoms with Crippen molar-refractivity contribution in [2.24, 2.45) is 11.7 Å². The first-order valence-electron chi connectivity index (χ1n) is 5.09. The number of halogens is 1. The van der Waals surface area contributed by atoms with Gasteiger partial charge in [0, 0.05) is 11.0 Å². The van der Waals surface area contributed by atoms with E-state index in [-0.39, 0.29) is 0 Å². The molecule has 0 aromatic heterocycles. The van der Waals surface area contributed by atoms with Crippen LogP contribution in [-0.4, -0.2) is 12.6 Å². The standard InChI is InChI=1S/C11H16BrN3O/c1-8(2)7-14-15(11(13)16)10-5-3-9(12)4-6-10/h3-6,8,14H,7H2,1-2H3,(H2,13,16). The van der Waals surface area contributed by atoms with E-state index in [1.54, 1.807) is 0 Å². The molecule has 4 nitrogen and oxygen atoms in total. The smallest absolute Gasteiger partial charge is 0.333 e. The van der Waals surface area contributed by atoms with Gasteiger partial charge in [-0.25, -0.2) is 15.2 Å². The van der Waals surface area contributed by atoms with Crippen molar-refractivity contribution < 1.29 is 4.79 Å². The third-order valence-corrected chi connectivity index (χ3v) is 2.49. The summed E-state index contributed by atoms with van der Waals surface area (Å²) in [5.41, 5.74) is 9.04. The number of carbonyl (C=O) groups is 1. The summed E-state index contributed by atoms with van der Waals surface area (Å²) in [6.07, 6.45) is 0. The maximum atomic E-state index is 11.3. The van der Waals surface area contributed by atoms with Crippen LogP contribution < -0.4 is 16.2 Å². The van der Waals surface area contributed by atoms with E-state index in [1.807, 2.05) is 24.3 Å². The molecule has 0 radical (unpaired) electrons.